The monoisotopic (exact) mass is 355 g/mol. The fraction of sp³-hybridized carbons (Fsp3) is 0.562. The lowest BCUT2D eigenvalue weighted by Crippen LogP contribution is -2.43. The van der Waals surface area contributed by atoms with Crippen LogP contribution in [0.5, 0.6) is 5.75 Å². The van der Waals surface area contributed by atoms with Crippen LogP contribution >= 0.6 is 0 Å². The van der Waals surface area contributed by atoms with Crippen molar-refractivity contribution in [1.29, 1.82) is 0 Å². The normalized spacial score (nSPS) is 16.7. The third kappa shape index (κ3) is 4.39. The van der Waals surface area contributed by atoms with Crippen LogP contribution < -0.4 is 14.4 Å². The number of carbonyl (C=O) groups excluding carboxylic acids is 1. The molecule has 134 valence electrons. The lowest BCUT2D eigenvalue weighted by molar-refractivity contribution is 0.0914. The van der Waals surface area contributed by atoms with Crippen LogP contribution in [0.4, 0.5) is 5.69 Å². The van der Waals surface area contributed by atoms with Gasteiger partial charge in [-0.25, -0.2) is 8.42 Å². The molecule has 1 fully saturated rings. The van der Waals surface area contributed by atoms with Gasteiger partial charge in [-0.1, -0.05) is 0 Å². The number of ether oxygens (including phenoxy) is 1. The molecular formula is C16H25N3O4S. The van der Waals surface area contributed by atoms with E-state index in [4.69, 9.17) is 4.74 Å². The molecule has 0 aliphatic carbocycles. The van der Waals surface area contributed by atoms with E-state index in [0.717, 1.165) is 36.5 Å². The van der Waals surface area contributed by atoms with Gasteiger partial charge in [0, 0.05) is 13.1 Å². The predicted molar refractivity (Wildman–Crippen MR) is 94.2 cm³/mol. The molecular weight excluding hydrogens is 330 g/mol. The molecule has 2 rings (SSSR count). The average molecular weight is 355 g/mol. The van der Waals surface area contributed by atoms with Crippen LogP contribution in [0.1, 0.15) is 23.2 Å². The van der Waals surface area contributed by atoms with E-state index in [2.05, 4.69) is 17.3 Å². The number of anilines is 1. The van der Waals surface area contributed by atoms with Crippen LogP contribution in [0.15, 0.2) is 18.2 Å². The number of piperidine rings is 1. The van der Waals surface area contributed by atoms with Gasteiger partial charge in [-0.05, 0) is 51.2 Å². The van der Waals surface area contributed by atoms with Gasteiger partial charge in [-0.3, -0.25) is 9.10 Å². The van der Waals surface area contributed by atoms with Gasteiger partial charge in [0.1, 0.15) is 5.75 Å². The second kappa shape index (κ2) is 7.40. The Labute approximate surface area is 143 Å². The molecule has 0 unspecified atom stereocenters. The zero-order valence-electron chi connectivity index (χ0n) is 14.6. The van der Waals surface area contributed by atoms with Crippen LogP contribution in [0, 0.1) is 0 Å². The number of benzene rings is 1. The van der Waals surface area contributed by atoms with Crippen LogP contribution in [0.2, 0.25) is 0 Å². The third-order valence-electron chi connectivity index (χ3n) is 4.34. The fourth-order valence-electron chi connectivity index (χ4n) is 2.68. The van der Waals surface area contributed by atoms with Gasteiger partial charge in [-0.2, -0.15) is 0 Å². The summed E-state index contributed by atoms with van der Waals surface area (Å²) in [6, 6.07) is 4.89. The summed E-state index contributed by atoms with van der Waals surface area (Å²) < 4.78 is 29.8. The second-order valence-electron chi connectivity index (χ2n) is 6.17. The molecule has 1 saturated heterocycles. The van der Waals surface area contributed by atoms with E-state index in [-0.39, 0.29) is 11.9 Å². The largest absolute Gasteiger partial charge is 0.496 e. The highest BCUT2D eigenvalue weighted by molar-refractivity contribution is 7.92. The number of amides is 1. The van der Waals surface area contributed by atoms with E-state index >= 15 is 0 Å². The third-order valence-corrected chi connectivity index (χ3v) is 5.55. The standard InChI is InChI=1S/C16H25N3O4S/c1-18-9-7-12(8-10-18)17-16(20)14-11-13(5-6-15(14)23-3)19(2)24(4,21)22/h5-6,11-12H,7-10H2,1-4H3,(H,17,20). The topological polar surface area (TPSA) is 78.9 Å². The molecule has 7 nitrogen and oxygen atoms in total. The van der Waals surface area contributed by atoms with Crippen molar-refractivity contribution in [3.05, 3.63) is 23.8 Å². The van der Waals surface area contributed by atoms with E-state index in [1.165, 1.54) is 14.2 Å². The highest BCUT2D eigenvalue weighted by Crippen LogP contribution is 2.26. The molecule has 0 bridgehead atoms. The molecule has 8 heteroatoms. The maximum absolute atomic E-state index is 12.6. The van der Waals surface area contributed by atoms with Gasteiger partial charge in [0.05, 0.1) is 24.6 Å². The van der Waals surface area contributed by atoms with E-state index in [9.17, 15) is 13.2 Å². The molecule has 1 N–H and O–H groups in total. The molecule has 0 radical (unpaired) electrons. The van der Waals surface area contributed by atoms with Crippen LogP contribution in [0.25, 0.3) is 0 Å². The first kappa shape index (κ1) is 18.5. The molecule has 0 atom stereocenters. The number of carbonyl (C=O) groups is 1. The summed E-state index contributed by atoms with van der Waals surface area (Å²) in [5, 5.41) is 3.02. The summed E-state index contributed by atoms with van der Waals surface area (Å²) in [7, 11) is 1.61. The van der Waals surface area contributed by atoms with Crippen molar-refractivity contribution in [3.63, 3.8) is 0 Å². The molecule has 24 heavy (non-hydrogen) atoms. The lowest BCUT2D eigenvalue weighted by atomic mass is 10.0. The Morgan fingerprint density at radius 3 is 2.50 bits per heavy atom. The van der Waals surface area contributed by atoms with Gasteiger partial charge >= 0.3 is 0 Å². The smallest absolute Gasteiger partial charge is 0.255 e. The summed E-state index contributed by atoms with van der Waals surface area (Å²) in [6.07, 6.45) is 2.91. The van der Waals surface area contributed by atoms with Crippen molar-refractivity contribution < 1.29 is 17.9 Å². The van der Waals surface area contributed by atoms with E-state index in [1.807, 2.05) is 0 Å². The zero-order chi connectivity index (χ0) is 17.9. The predicted octanol–water partition coefficient (Wildman–Crippen LogP) is 0.915. The minimum Gasteiger partial charge on any atom is -0.496 e. The van der Waals surface area contributed by atoms with Gasteiger partial charge < -0.3 is 15.0 Å². The summed E-state index contributed by atoms with van der Waals surface area (Å²) >= 11 is 0. The number of hydrogen-bond donors (Lipinski definition) is 1. The molecule has 1 aromatic carbocycles. The Balaban J connectivity index is 2.22. The second-order valence-corrected chi connectivity index (χ2v) is 8.18. The van der Waals surface area contributed by atoms with Crippen molar-refractivity contribution in [2.75, 3.05) is 44.9 Å². The van der Waals surface area contributed by atoms with Crippen molar-refractivity contribution in [1.82, 2.24) is 10.2 Å². The van der Waals surface area contributed by atoms with Crippen molar-refractivity contribution in [2.24, 2.45) is 0 Å². The van der Waals surface area contributed by atoms with Crippen molar-refractivity contribution in [3.8, 4) is 5.75 Å². The molecule has 1 aliphatic heterocycles. The summed E-state index contributed by atoms with van der Waals surface area (Å²) in [5.41, 5.74) is 0.760. The highest BCUT2D eigenvalue weighted by atomic mass is 32.2. The van der Waals surface area contributed by atoms with Crippen molar-refractivity contribution >= 4 is 21.6 Å². The summed E-state index contributed by atoms with van der Waals surface area (Å²) in [4.78, 5) is 14.9. The number of rotatable bonds is 5. The maximum Gasteiger partial charge on any atom is 0.255 e. The Morgan fingerprint density at radius 1 is 1.33 bits per heavy atom. The molecule has 1 heterocycles. The Morgan fingerprint density at radius 2 is 1.96 bits per heavy atom. The van der Waals surface area contributed by atoms with Crippen LogP contribution in [-0.4, -0.2) is 65.8 Å². The molecule has 0 spiro atoms. The SMILES string of the molecule is COc1ccc(N(C)S(C)(=O)=O)cc1C(=O)NC1CCN(C)CC1. The Hall–Kier alpha value is -1.80. The molecule has 0 saturated carbocycles. The minimum absolute atomic E-state index is 0.120. The number of hydrogen-bond acceptors (Lipinski definition) is 5. The Bertz CT molecular complexity index is 697. The molecule has 1 amide bonds. The van der Waals surface area contributed by atoms with E-state index < -0.39 is 10.0 Å². The van der Waals surface area contributed by atoms with Gasteiger partial charge in [0.15, 0.2) is 0 Å². The van der Waals surface area contributed by atoms with Gasteiger partial charge in [-0.15, -0.1) is 0 Å². The molecule has 0 aromatic heterocycles. The van der Waals surface area contributed by atoms with Crippen LogP contribution in [0.3, 0.4) is 0 Å². The van der Waals surface area contributed by atoms with Gasteiger partial charge in [0.25, 0.3) is 5.91 Å². The number of sulfonamides is 1. The number of methoxy groups -OCH3 is 1. The summed E-state index contributed by atoms with van der Waals surface area (Å²) in [6.45, 7) is 1.89. The maximum atomic E-state index is 12.6. The average Bonchev–Trinajstić information content (AvgIpc) is 2.54. The van der Waals surface area contributed by atoms with E-state index in [0.29, 0.717) is 17.0 Å². The molecule has 1 aliphatic rings. The van der Waals surface area contributed by atoms with Crippen LogP contribution in [-0.2, 0) is 10.0 Å². The van der Waals surface area contributed by atoms with Gasteiger partial charge in [0.2, 0.25) is 10.0 Å². The summed E-state index contributed by atoms with van der Waals surface area (Å²) in [5.74, 6) is 0.177. The minimum atomic E-state index is -3.40. The Kier molecular flexibility index (Phi) is 5.71. The fourth-order valence-corrected chi connectivity index (χ4v) is 3.17. The van der Waals surface area contributed by atoms with Crippen molar-refractivity contribution in [2.45, 2.75) is 18.9 Å². The molecule has 1 aromatic rings. The number of nitrogens with one attached hydrogen (secondary N) is 1. The number of likely N-dealkylation sites (tertiary alicyclic amines) is 1. The quantitative estimate of drug-likeness (QED) is 0.849. The first-order valence-corrected chi connectivity index (χ1v) is 9.68. The first-order valence-electron chi connectivity index (χ1n) is 7.83. The highest BCUT2D eigenvalue weighted by Gasteiger charge is 2.22. The van der Waals surface area contributed by atoms with E-state index in [1.54, 1.807) is 18.2 Å². The zero-order valence-corrected chi connectivity index (χ0v) is 15.4. The first-order chi connectivity index (χ1) is 11.2. The lowest BCUT2D eigenvalue weighted by Gasteiger charge is -2.29. The number of nitrogens with zero attached hydrogens (tertiary/aromatic N) is 2.